The molecule has 0 unspecified atom stereocenters. The predicted molar refractivity (Wildman–Crippen MR) is 79.1 cm³/mol. The number of hydrogen-bond acceptors (Lipinski definition) is 1. The van der Waals surface area contributed by atoms with Crippen LogP contribution in [-0.4, -0.2) is 37.7 Å². The molecular formula is C15H21F4N3. The third-order valence-corrected chi connectivity index (χ3v) is 3.05. The van der Waals surface area contributed by atoms with Gasteiger partial charge in [0.15, 0.2) is 5.96 Å². The summed E-state index contributed by atoms with van der Waals surface area (Å²) in [4.78, 5) is 5.86. The van der Waals surface area contributed by atoms with Gasteiger partial charge in [-0.2, -0.15) is 13.2 Å². The van der Waals surface area contributed by atoms with E-state index in [2.05, 4.69) is 10.3 Å². The van der Waals surface area contributed by atoms with Crippen molar-refractivity contribution in [2.24, 2.45) is 4.99 Å². The van der Waals surface area contributed by atoms with Crippen LogP contribution in [0, 0.1) is 5.82 Å². The molecule has 0 amide bonds. The molecule has 0 aliphatic rings. The van der Waals surface area contributed by atoms with Gasteiger partial charge in [-0.15, -0.1) is 0 Å². The molecule has 1 N–H and O–H groups in total. The number of aliphatic imine (C=N–C) groups is 1. The number of rotatable bonds is 6. The highest BCUT2D eigenvalue weighted by atomic mass is 19.4. The summed E-state index contributed by atoms with van der Waals surface area (Å²) < 4.78 is 49.2. The van der Waals surface area contributed by atoms with E-state index in [9.17, 15) is 17.6 Å². The van der Waals surface area contributed by atoms with E-state index in [0.29, 0.717) is 25.5 Å². The zero-order chi connectivity index (χ0) is 16.6. The second-order valence-electron chi connectivity index (χ2n) is 5.03. The van der Waals surface area contributed by atoms with Gasteiger partial charge in [-0.25, -0.2) is 4.39 Å². The van der Waals surface area contributed by atoms with Gasteiger partial charge in [0.2, 0.25) is 0 Å². The predicted octanol–water partition coefficient (Wildman–Crippen LogP) is 3.57. The van der Waals surface area contributed by atoms with Crippen LogP contribution in [0.2, 0.25) is 0 Å². The number of hydrogen-bond donors (Lipinski definition) is 1. The molecule has 1 aromatic rings. The molecule has 1 rings (SSSR count). The van der Waals surface area contributed by atoms with Gasteiger partial charge >= 0.3 is 6.18 Å². The van der Waals surface area contributed by atoms with Crippen LogP contribution >= 0.6 is 0 Å². The number of nitrogens with zero attached hydrogens (tertiary/aromatic N) is 2. The summed E-state index contributed by atoms with van der Waals surface area (Å²) in [7, 11) is 3.38. The Morgan fingerprint density at radius 2 is 2.00 bits per heavy atom. The Morgan fingerprint density at radius 3 is 2.59 bits per heavy atom. The molecule has 0 saturated carbocycles. The topological polar surface area (TPSA) is 27.6 Å². The van der Waals surface area contributed by atoms with Crippen molar-refractivity contribution in [3.8, 4) is 0 Å². The number of benzene rings is 1. The molecule has 0 aliphatic carbocycles. The lowest BCUT2D eigenvalue weighted by molar-refractivity contribution is -0.135. The lowest BCUT2D eigenvalue weighted by Gasteiger charge is -2.22. The molecule has 1 aromatic carbocycles. The molecular weight excluding hydrogens is 298 g/mol. The SMILES string of the molecule is CN=C(NCCCCC(F)(F)F)N(C)Cc1cccc(F)c1. The van der Waals surface area contributed by atoms with Crippen molar-refractivity contribution < 1.29 is 17.6 Å². The second-order valence-corrected chi connectivity index (χ2v) is 5.03. The van der Waals surface area contributed by atoms with E-state index in [4.69, 9.17) is 0 Å². The maximum absolute atomic E-state index is 13.1. The maximum Gasteiger partial charge on any atom is 0.389 e. The van der Waals surface area contributed by atoms with Crippen molar-refractivity contribution >= 4 is 5.96 Å². The highest BCUT2D eigenvalue weighted by molar-refractivity contribution is 5.79. The lowest BCUT2D eigenvalue weighted by Crippen LogP contribution is -2.38. The molecule has 0 atom stereocenters. The smallest absolute Gasteiger partial charge is 0.356 e. The Kier molecular flexibility index (Phi) is 7.14. The molecule has 22 heavy (non-hydrogen) atoms. The molecule has 7 heteroatoms. The first-order valence-electron chi connectivity index (χ1n) is 7.05. The van der Waals surface area contributed by atoms with Crippen molar-refractivity contribution in [2.45, 2.75) is 32.0 Å². The van der Waals surface area contributed by atoms with Crippen LogP contribution in [0.25, 0.3) is 0 Å². The Labute approximate surface area is 128 Å². The van der Waals surface area contributed by atoms with Crippen LogP contribution in [0.4, 0.5) is 17.6 Å². The van der Waals surface area contributed by atoms with Crippen molar-refractivity contribution in [1.29, 1.82) is 0 Å². The van der Waals surface area contributed by atoms with Crippen molar-refractivity contribution in [1.82, 2.24) is 10.2 Å². The summed E-state index contributed by atoms with van der Waals surface area (Å²) in [6.07, 6.45) is -4.38. The number of alkyl halides is 3. The quantitative estimate of drug-likeness (QED) is 0.376. The molecule has 124 valence electrons. The summed E-state index contributed by atoms with van der Waals surface area (Å²) in [6.45, 7) is 0.871. The minimum absolute atomic E-state index is 0.0844. The van der Waals surface area contributed by atoms with Crippen LogP contribution in [-0.2, 0) is 6.54 Å². The molecule has 0 spiro atoms. The van der Waals surface area contributed by atoms with Gasteiger partial charge in [0.25, 0.3) is 0 Å². The largest absolute Gasteiger partial charge is 0.389 e. The van der Waals surface area contributed by atoms with Gasteiger partial charge < -0.3 is 10.2 Å². The van der Waals surface area contributed by atoms with E-state index in [1.54, 1.807) is 31.1 Å². The number of halogens is 4. The number of unbranched alkanes of at least 4 members (excludes halogenated alkanes) is 1. The fraction of sp³-hybridized carbons (Fsp3) is 0.533. The van der Waals surface area contributed by atoms with E-state index in [-0.39, 0.29) is 12.2 Å². The molecule has 0 radical (unpaired) electrons. The average molecular weight is 319 g/mol. The molecule has 0 aliphatic heterocycles. The highest BCUT2D eigenvalue weighted by Gasteiger charge is 2.25. The fourth-order valence-corrected chi connectivity index (χ4v) is 2.02. The van der Waals surface area contributed by atoms with Crippen LogP contribution in [0.5, 0.6) is 0 Å². The number of guanidine groups is 1. The summed E-state index contributed by atoms with van der Waals surface area (Å²) in [6, 6.07) is 6.24. The monoisotopic (exact) mass is 319 g/mol. The molecule has 0 heterocycles. The van der Waals surface area contributed by atoms with Crippen molar-refractivity contribution in [3.05, 3.63) is 35.6 Å². The zero-order valence-corrected chi connectivity index (χ0v) is 12.8. The third-order valence-electron chi connectivity index (χ3n) is 3.05. The van der Waals surface area contributed by atoms with E-state index in [0.717, 1.165) is 5.56 Å². The van der Waals surface area contributed by atoms with E-state index in [1.165, 1.54) is 12.1 Å². The summed E-state index contributed by atoms with van der Waals surface area (Å²) in [5.41, 5.74) is 0.794. The van der Waals surface area contributed by atoms with Gasteiger partial charge in [0.05, 0.1) is 0 Å². The normalized spacial score (nSPS) is 12.4. The van der Waals surface area contributed by atoms with E-state index >= 15 is 0 Å². The Morgan fingerprint density at radius 1 is 1.27 bits per heavy atom. The molecule has 0 bridgehead atoms. The second kappa shape index (κ2) is 8.60. The minimum Gasteiger partial charge on any atom is -0.356 e. The molecule has 0 aromatic heterocycles. The Hall–Kier alpha value is -1.79. The average Bonchev–Trinajstić information content (AvgIpc) is 2.41. The standard InChI is InChI=1S/C15H21F4N3/c1-20-14(21-9-4-3-8-15(17,18)19)22(2)11-12-6-5-7-13(16)10-12/h5-7,10H,3-4,8-9,11H2,1-2H3,(H,20,21). The minimum atomic E-state index is -4.10. The Bertz CT molecular complexity index is 486. The first-order valence-corrected chi connectivity index (χ1v) is 7.05. The highest BCUT2D eigenvalue weighted by Crippen LogP contribution is 2.21. The first kappa shape index (κ1) is 18.3. The molecule has 0 saturated heterocycles. The third kappa shape index (κ3) is 7.28. The zero-order valence-electron chi connectivity index (χ0n) is 12.8. The van der Waals surface area contributed by atoms with Gasteiger partial charge in [-0.3, -0.25) is 4.99 Å². The van der Waals surface area contributed by atoms with Gasteiger partial charge in [-0.1, -0.05) is 12.1 Å². The molecule has 0 fully saturated rings. The fourth-order valence-electron chi connectivity index (χ4n) is 2.02. The molecule has 3 nitrogen and oxygen atoms in total. The summed E-state index contributed by atoms with van der Waals surface area (Å²) in [5.74, 6) is 0.261. The number of nitrogens with one attached hydrogen (secondary N) is 1. The lowest BCUT2D eigenvalue weighted by atomic mass is 10.2. The van der Waals surface area contributed by atoms with E-state index < -0.39 is 12.6 Å². The van der Waals surface area contributed by atoms with Gasteiger partial charge in [-0.05, 0) is 30.5 Å². The van der Waals surface area contributed by atoms with Crippen LogP contribution in [0.15, 0.2) is 29.3 Å². The summed E-state index contributed by atoms with van der Waals surface area (Å²) in [5, 5.41) is 3.01. The van der Waals surface area contributed by atoms with Crippen LogP contribution < -0.4 is 5.32 Å². The maximum atomic E-state index is 13.1. The van der Waals surface area contributed by atoms with Gasteiger partial charge in [0.1, 0.15) is 5.82 Å². The Balaban J connectivity index is 2.37. The first-order chi connectivity index (χ1) is 10.3. The van der Waals surface area contributed by atoms with Crippen molar-refractivity contribution in [3.63, 3.8) is 0 Å². The summed E-state index contributed by atoms with van der Waals surface area (Å²) >= 11 is 0. The van der Waals surface area contributed by atoms with Crippen LogP contribution in [0.3, 0.4) is 0 Å². The van der Waals surface area contributed by atoms with Crippen molar-refractivity contribution in [2.75, 3.05) is 20.6 Å². The van der Waals surface area contributed by atoms with Crippen LogP contribution in [0.1, 0.15) is 24.8 Å². The van der Waals surface area contributed by atoms with E-state index in [1.807, 2.05) is 0 Å². The van der Waals surface area contributed by atoms with Gasteiger partial charge in [0, 0.05) is 33.6 Å².